The fourth-order valence-corrected chi connectivity index (χ4v) is 2.29. The molecule has 1 fully saturated rings. The average molecular weight is 235 g/mol. The highest BCUT2D eigenvalue weighted by Gasteiger charge is 2.15. The summed E-state index contributed by atoms with van der Waals surface area (Å²) in [6, 6.07) is 4.56. The molecule has 0 unspecified atom stereocenters. The maximum absolute atomic E-state index is 10.6. The summed E-state index contributed by atoms with van der Waals surface area (Å²) in [4.78, 5) is 10.1. The Balaban J connectivity index is 1.98. The minimum absolute atomic E-state index is 0.0360. The molecule has 0 spiro atoms. The van der Waals surface area contributed by atoms with Crippen LogP contribution in [0.1, 0.15) is 25.7 Å². The van der Waals surface area contributed by atoms with E-state index in [-0.39, 0.29) is 5.69 Å². The first-order valence-electron chi connectivity index (χ1n) is 5.94. The summed E-state index contributed by atoms with van der Waals surface area (Å²) in [6.07, 6.45) is 5.14. The summed E-state index contributed by atoms with van der Waals surface area (Å²) in [6.45, 7) is 0.905. The predicted molar refractivity (Wildman–Crippen MR) is 68.0 cm³/mol. The lowest BCUT2D eigenvalue weighted by molar-refractivity contribution is -0.384. The van der Waals surface area contributed by atoms with Crippen molar-refractivity contribution in [3.63, 3.8) is 0 Å². The molecule has 0 atom stereocenters. The summed E-state index contributed by atoms with van der Waals surface area (Å²) in [5.41, 5.74) is 7.05. The zero-order chi connectivity index (χ0) is 12.3. The van der Waals surface area contributed by atoms with Crippen molar-refractivity contribution < 1.29 is 4.92 Å². The monoisotopic (exact) mass is 235 g/mol. The average Bonchev–Trinajstić information content (AvgIpc) is 2.80. The number of hydrogen-bond donors (Lipinski definition) is 2. The number of hydrogen-bond acceptors (Lipinski definition) is 4. The summed E-state index contributed by atoms with van der Waals surface area (Å²) in [5, 5.41) is 13.8. The highest BCUT2D eigenvalue weighted by atomic mass is 16.6. The van der Waals surface area contributed by atoms with Crippen molar-refractivity contribution in [3.8, 4) is 0 Å². The highest BCUT2D eigenvalue weighted by molar-refractivity contribution is 5.69. The van der Waals surface area contributed by atoms with E-state index in [2.05, 4.69) is 5.32 Å². The van der Waals surface area contributed by atoms with Crippen LogP contribution in [0, 0.1) is 16.0 Å². The molecule has 92 valence electrons. The van der Waals surface area contributed by atoms with E-state index < -0.39 is 4.92 Å². The first-order chi connectivity index (χ1) is 8.16. The molecule has 0 aromatic heterocycles. The normalized spacial score (nSPS) is 16.0. The lowest BCUT2D eigenvalue weighted by atomic mass is 10.1. The second-order valence-electron chi connectivity index (χ2n) is 4.56. The Labute approximate surface area is 100 Å². The molecular weight excluding hydrogens is 218 g/mol. The van der Waals surface area contributed by atoms with Crippen LogP contribution in [0.15, 0.2) is 18.2 Å². The van der Waals surface area contributed by atoms with Crippen molar-refractivity contribution in [1.29, 1.82) is 0 Å². The second kappa shape index (κ2) is 5.03. The van der Waals surface area contributed by atoms with E-state index in [1.54, 1.807) is 6.07 Å². The lowest BCUT2D eigenvalue weighted by Gasteiger charge is -2.13. The smallest absolute Gasteiger partial charge is 0.271 e. The van der Waals surface area contributed by atoms with Crippen LogP contribution < -0.4 is 11.1 Å². The van der Waals surface area contributed by atoms with E-state index in [0.29, 0.717) is 11.6 Å². The first kappa shape index (κ1) is 11.7. The van der Waals surface area contributed by atoms with Gasteiger partial charge in [-0.05, 0) is 24.8 Å². The molecule has 0 aliphatic heterocycles. The molecule has 5 heteroatoms. The Bertz CT molecular complexity index is 414. The van der Waals surface area contributed by atoms with Gasteiger partial charge < -0.3 is 11.1 Å². The van der Waals surface area contributed by atoms with Gasteiger partial charge in [-0.25, -0.2) is 0 Å². The standard InChI is InChI=1S/C12H17N3O2/c13-11-7-10(15(16)17)5-6-12(11)14-8-9-3-1-2-4-9/h5-7,9,14H,1-4,8,13H2. The van der Waals surface area contributed by atoms with Gasteiger partial charge in [-0.1, -0.05) is 12.8 Å². The van der Waals surface area contributed by atoms with Gasteiger partial charge in [0.05, 0.1) is 16.3 Å². The summed E-state index contributed by atoms with van der Waals surface area (Å²) < 4.78 is 0. The minimum Gasteiger partial charge on any atom is -0.397 e. The van der Waals surface area contributed by atoms with Crippen LogP contribution >= 0.6 is 0 Å². The van der Waals surface area contributed by atoms with Crippen molar-refractivity contribution in [2.24, 2.45) is 5.92 Å². The summed E-state index contributed by atoms with van der Waals surface area (Å²) in [5.74, 6) is 0.713. The molecule has 1 aromatic carbocycles. The van der Waals surface area contributed by atoms with Gasteiger partial charge in [0.15, 0.2) is 0 Å². The number of nitrogen functional groups attached to an aromatic ring is 1. The van der Waals surface area contributed by atoms with Crippen molar-refractivity contribution in [2.45, 2.75) is 25.7 Å². The molecule has 1 aliphatic rings. The van der Waals surface area contributed by atoms with Crippen LogP contribution in [0.2, 0.25) is 0 Å². The maximum Gasteiger partial charge on any atom is 0.271 e. The van der Waals surface area contributed by atoms with Crippen LogP contribution in [0.5, 0.6) is 0 Å². The number of nitrogens with zero attached hydrogens (tertiary/aromatic N) is 1. The molecule has 2 rings (SSSR count). The highest BCUT2D eigenvalue weighted by Crippen LogP contribution is 2.27. The van der Waals surface area contributed by atoms with E-state index in [1.807, 2.05) is 0 Å². The summed E-state index contributed by atoms with van der Waals surface area (Å²) >= 11 is 0. The molecule has 17 heavy (non-hydrogen) atoms. The van der Waals surface area contributed by atoms with Crippen LogP contribution in [0.4, 0.5) is 17.1 Å². The van der Waals surface area contributed by atoms with Crippen molar-refractivity contribution >= 4 is 17.1 Å². The third kappa shape index (κ3) is 2.87. The number of nitrogens with one attached hydrogen (secondary N) is 1. The summed E-state index contributed by atoms with van der Waals surface area (Å²) in [7, 11) is 0. The number of rotatable bonds is 4. The molecule has 1 aromatic rings. The van der Waals surface area contributed by atoms with Crippen LogP contribution in [0.3, 0.4) is 0 Å². The predicted octanol–water partition coefficient (Wildman–Crippen LogP) is 2.78. The number of nitro benzene ring substituents is 1. The van der Waals surface area contributed by atoms with Gasteiger partial charge in [-0.15, -0.1) is 0 Å². The SMILES string of the molecule is Nc1cc([N+](=O)[O-])ccc1NCC1CCCC1. The Morgan fingerprint density at radius 1 is 1.41 bits per heavy atom. The molecular formula is C12H17N3O2. The van der Waals surface area contributed by atoms with Gasteiger partial charge in [0.2, 0.25) is 0 Å². The van der Waals surface area contributed by atoms with E-state index in [4.69, 9.17) is 5.73 Å². The van der Waals surface area contributed by atoms with Gasteiger partial charge in [0, 0.05) is 18.7 Å². The van der Waals surface area contributed by atoms with Gasteiger partial charge in [0.25, 0.3) is 5.69 Å². The molecule has 5 nitrogen and oxygen atoms in total. The third-order valence-electron chi connectivity index (χ3n) is 3.30. The Morgan fingerprint density at radius 2 is 2.12 bits per heavy atom. The zero-order valence-electron chi connectivity index (χ0n) is 9.69. The second-order valence-corrected chi connectivity index (χ2v) is 4.56. The minimum atomic E-state index is -0.433. The molecule has 0 radical (unpaired) electrons. The largest absolute Gasteiger partial charge is 0.397 e. The molecule has 0 bridgehead atoms. The first-order valence-corrected chi connectivity index (χ1v) is 5.94. The Morgan fingerprint density at radius 3 is 2.71 bits per heavy atom. The molecule has 1 aliphatic carbocycles. The molecule has 0 saturated heterocycles. The number of nitrogens with two attached hydrogens (primary N) is 1. The zero-order valence-corrected chi connectivity index (χ0v) is 9.69. The fourth-order valence-electron chi connectivity index (χ4n) is 2.29. The van der Waals surface area contributed by atoms with Crippen molar-refractivity contribution in [1.82, 2.24) is 0 Å². The van der Waals surface area contributed by atoms with E-state index in [1.165, 1.54) is 37.8 Å². The van der Waals surface area contributed by atoms with Crippen molar-refractivity contribution in [2.75, 3.05) is 17.6 Å². The molecule has 1 saturated carbocycles. The fraction of sp³-hybridized carbons (Fsp3) is 0.500. The molecule has 3 N–H and O–H groups in total. The number of anilines is 2. The number of benzene rings is 1. The van der Waals surface area contributed by atoms with Crippen LogP contribution in [-0.4, -0.2) is 11.5 Å². The lowest BCUT2D eigenvalue weighted by Crippen LogP contribution is -2.12. The molecule has 0 amide bonds. The maximum atomic E-state index is 10.6. The number of non-ortho nitro benzene ring substituents is 1. The topological polar surface area (TPSA) is 81.2 Å². The van der Waals surface area contributed by atoms with Crippen molar-refractivity contribution in [3.05, 3.63) is 28.3 Å². The van der Waals surface area contributed by atoms with Crippen LogP contribution in [0.25, 0.3) is 0 Å². The quantitative estimate of drug-likeness (QED) is 0.477. The van der Waals surface area contributed by atoms with Crippen LogP contribution in [-0.2, 0) is 0 Å². The molecule has 0 heterocycles. The third-order valence-corrected chi connectivity index (χ3v) is 3.30. The van der Waals surface area contributed by atoms with E-state index in [9.17, 15) is 10.1 Å². The van der Waals surface area contributed by atoms with Gasteiger partial charge in [-0.3, -0.25) is 10.1 Å². The van der Waals surface area contributed by atoms with Gasteiger partial charge >= 0.3 is 0 Å². The van der Waals surface area contributed by atoms with E-state index >= 15 is 0 Å². The van der Waals surface area contributed by atoms with Gasteiger partial charge in [0.1, 0.15) is 0 Å². The Hall–Kier alpha value is -1.78. The van der Waals surface area contributed by atoms with E-state index in [0.717, 1.165) is 12.2 Å². The van der Waals surface area contributed by atoms with Gasteiger partial charge in [-0.2, -0.15) is 0 Å². The Kier molecular flexibility index (Phi) is 3.46. The number of nitro groups is 1.